The average Bonchev–Trinajstić information content (AvgIpc) is 2.67. The van der Waals surface area contributed by atoms with Gasteiger partial charge in [0.1, 0.15) is 0 Å². The maximum atomic E-state index is 11.4. The van der Waals surface area contributed by atoms with Crippen LogP contribution in [0.1, 0.15) is 12.0 Å². The fourth-order valence-electron chi connectivity index (χ4n) is 1.95. The van der Waals surface area contributed by atoms with Crippen molar-refractivity contribution in [2.75, 3.05) is 24.6 Å². The van der Waals surface area contributed by atoms with Crippen molar-refractivity contribution < 1.29 is 13.3 Å². The molecule has 0 N–H and O–H groups in total. The number of rotatable bonds is 3. The van der Waals surface area contributed by atoms with Gasteiger partial charge in [-0.15, -0.1) is 0 Å². The van der Waals surface area contributed by atoms with Gasteiger partial charge in [-0.05, 0) is 18.5 Å². The highest BCUT2D eigenvalue weighted by atomic mass is 32.2. The molecule has 0 radical (unpaired) electrons. The molecule has 2 rings (SSSR count). The first-order valence-electron chi connectivity index (χ1n) is 5.61. The highest BCUT2D eigenvalue weighted by Crippen LogP contribution is 2.23. The van der Waals surface area contributed by atoms with Crippen molar-refractivity contribution in [3.05, 3.63) is 27.1 Å². The lowest BCUT2D eigenvalue weighted by Gasteiger charge is -2.17. The van der Waals surface area contributed by atoms with Crippen LogP contribution in [0.3, 0.4) is 0 Å². The van der Waals surface area contributed by atoms with Gasteiger partial charge in [0.15, 0.2) is 9.84 Å². The second-order valence-corrected chi connectivity index (χ2v) is 7.53. The molecule has 0 aromatic carbocycles. The molecule has 0 spiro atoms. The third kappa shape index (κ3) is 3.50. The number of hydrogen-bond donors (Lipinski definition) is 0. The zero-order valence-electron chi connectivity index (χ0n) is 9.74. The van der Waals surface area contributed by atoms with Gasteiger partial charge in [0.2, 0.25) is 0 Å². The lowest BCUT2D eigenvalue weighted by Crippen LogP contribution is -2.26. The fourth-order valence-corrected chi connectivity index (χ4v) is 3.98. The van der Waals surface area contributed by atoms with Crippen LogP contribution in [-0.4, -0.2) is 42.8 Å². The first kappa shape index (κ1) is 13.4. The minimum absolute atomic E-state index is 0.132. The highest BCUT2D eigenvalue weighted by molar-refractivity contribution is 7.91. The summed E-state index contributed by atoms with van der Waals surface area (Å²) in [5, 5.41) is 12.5. The van der Waals surface area contributed by atoms with E-state index in [4.69, 9.17) is 0 Å². The summed E-state index contributed by atoms with van der Waals surface area (Å²) in [5.74, 6) is 0.423. The molecule has 1 aliphatic rings. The van der Waals surface area contributed by atoms with Crippen LogP contribution in [0.25, 0.3) is 0 Å². The van der Waals surface area contributed by atoms with E-state index in [1.165, 1.54) is 0 Å². The largest absolute Gasteiger partial charge is 0.324 e. The molecule has 0 unspecified atom stereocenters. The van der Waals surface area contributed by atoms with Crippen molar-refractivity contribution in [2.45, 2.75) is 13.0 Å². The number of nitrogens with zero attached hydrogens (tertiary/aromatic N) is 2. The number of hydrogen-bond acceptors (Lipinski definition) is 6. The van der Waals surface area contributed by atoms with Gasteiger partial charge in [0.25, 0.3) is 0 Å². The van der Waals surface area contributed by atoms with Gasteiger partial charge in [-0.25, -0.2) is 8.42 Å². The Morgan fingerprint density at radius 1 is 1.39 bits per heavy atom. The van der Waals surface area contributed by atoms with Crippen molar-refractivity contribution >= 4 is 26.2 Å². The Balaban J connectivity index is 1.98. The molecular formula is C10H14N2O4S2. The lowest BCUT2D eigenvalue weighted by atomic mass is 10.3. The molecule has 0 bridgehead atoms. The van der Waals surface area contributed by atoms with Gasteiger partial charge >= 0.3 is 5.00 Å². The van der Waals surface area contributed by atoms with E-state index >= 15 is 0 Å². The smallest absolute Gasteiger partial charge is 0.298 e. The molecule has 8 heteroatoms. The minimum Gasteiger partial charge on any atom is -0.298 e. The zero-order chi connectivity index (χ0) is 13.2. The summed E-state index contributed by atoms with van der Waals surface area (Å²) in [6.07, 6.45) is 0.633. The van der Waals surface area contributed by atoms with E-state index in [0.29, 0.717) is 19.5 Å². The van der Waals surface area contributed by atoms with E-state index in [-0.39, 0.29) is 16.5 Å². The SMILES string of the molecule is O=[N+]([O-])c1cc(CN2CCCS(=O)(=O)CC2)cs1. The van der Waals surface area contributed by atoms with Crippen LogP contribution in [0, 0.1) is 10.1 Å². The van der Waals surface area contributed by atoms with Gasteiger partial charge in [-0.1, -0.05) is 11.3 Å². The Morgan fingerprint density at radius 2 is 2.17 bits per heavy atom. The van der Waals surface area contributed by atoms with Gasteiger partial charge in [-0.2, -0.15) is 0 Å². The molecule has 0 atom stereocenters. The first-order valence-corrected chi connectivity index (χ1v) is 8.31. The molecule has 1 fully saturated rings. The van der Waals surface area contributed by atoms with Crippen LogP contribution >= 0.6 is 11.3 Å². The van der Waals surface area contributed by atoms with Crippen LogP contribution in [-0.2, 0) is 16.4 Å². The molecule has 2 heterocycles. The predicted octanol–water partition coefficient (Wildman–Crippen LogP) is 1.28. The zero-order valence-corrected chi connectivity index (χ0v) is 11.4. The summed E-state index contributed by atoms with van der Waals surface area (Å²) in [4.78, 5) is 12.2. The molecule has 0 saturated carbocycles. The Kier molecular flexibility index (Phi) is 3.98. The van der Waals surface area contributed by atoms with Crippen LogP contribution in [0.15, 0.2) is 11.4 Å². The molecule has 1 aromatic heterocycles. The molecule has 0 amide bonds. The van der Waals surface area contributed by atoms with Gasteiger partial charge in [-0.3, -0.25) is 15.0 Å². The standard InChI is InChI=1S/C10H14N2O4S2/c13-12(14)10-6-9(8-17-10)7-11-2-1-4-18(15,16)5-3-11/h6,8H,1-5,7H2. The van der Waals surface area contributed by atoms with E-state index in [1.54, 1.807) is 11.4 Å². The summed E-state index contributed by atoms with van der Waals surface area (Å²) < 4.78 is 22.9. The quantitative estimate of drug-likeness (QED) is 0.618. The van der Waals surface area contributed by atoms with Gasteiger partial charge in [0, 0.05) is 24.5 Å². The maximum absolute atomic E-state index is 11.4. The monoisotopic (exact) mass is 290 g/mol. The molecule has 18 heavy (non-hydrogen) atoms. The third-order valence-corrected chi connectivity index (χ3v) is 5.52. The molecule has 1 aromatic rings. The van der Waals surface area contributed by atoms with Crippen molar-refractivity contribution in [1.82, 2.24) is 4.90 Å². The van der Waals surface area contributed by atoms with Crippen molar-refractivity contribution in [1.29, 1.82) is 0 Å². The van der Waals surface area contributed by atoms with Crippen molar-refractivity contribution in [2.24, 2.45) is 0 Å². The van der Waals surface area contributed by atoms with Crippen molar-refractivity contribution in [3.8, 4) is 0 Å². The number of thiophene rings is 1. The van der Waals surface area contributed by atoms with E-state index < -0.39 is 14.8 Å². The molecule has 1 saturated heterocycles. The van der Waals surface area contributed by atoms with Gasteiger partial charge in [0.05, 0.1) is 16.4 Å². The third-order valence-electron chi connectivity index (χ3n) is 2.87. The summed E-state index contributed by atoms with van der Waals surface area (Å²) >= 11 is 1.11. The molecule has 6 nitrogen and oxygen atoms in total. The minimum atomic E-state index is -2.90. The summed E-state index contributed by atoms with van der Waals surface area (Å²) in [5.41, 5.74) is 0.881. The van der Waals surface area contributed by atoms with Crippen LogP contribution in [0.5, 0.6) is 0 Å². The first-order chi connectivity index (χ1) is 8.46. The second kappa shape index (κ2) is 5.33. The van der Waals surface area contributed by atoms with E-state index in [1.807, 2.05) is 4.90 Å². The van der Waals surface area contributed by atoms with Gasteiger partial charge < -0.3 is 0 Å². The van der Waals surface area contributed by atoms with E-state index in [9.17, 15) is 18.5 Å². The van der Waals surface area contributed by atoms with Crippen LogP contribution in [0.4, 0.5) is 5.00 Å². The predicted molar refractivity (Wildman–Crippen MR) is 69.5 cm³/mol. The Morgan fingerprint density at radius 3 is 2.83 bits per heavy atom. The Hall–Kier alpha value is -0.990. The van der Waals surface area contributed by atoms with Crippen LogP contribution < -0.4 is 0 Å². The molecule has 100 valence electrons. The number of nitro groups is 1. The average molecular weight is 290 g/mol. The Labute approximate surface area is 109 Å². The lowest BCUT2D eigenvalue weighted by molar-refractivity contribution is -0.380. The summed E-state index contributed by atoms with van der Waals surface area (Å²) in [6.45, 7) is 1.81. The molecule has 1 aliphatic heterocycles. The highest BCUT2D eigenvalue weighted by Gasteiger charge is 2.20. The second-order valence-electron chi connectivity index (χ2n) is 4.33. The normalized spacial score (nSPS) is 20.4. The summed E-state index contributed by atoms with van der Waals surface area (Å²) in [7, 11) is -2.90. The van der Waals surface area contributed by atoms with Crippen LogP contribution in [0.2, 0.25) is 0 Å². The fraction of sp³-hybridized carbons (Fsp3) is 0.600. The van der Waals surface area contributed by atoms with E-state index in [0.717, 1.165) is 23.4 Å². The summed E-state index contributed by atoms with van der Waals surface area (Å²) in [6, 6.07) is 1.56. The molecule has 0 aliphatic carbocycles. The topological polar surface area (TPSA) is 80.5 Å². The maximum Gasteiger partial charge on any atom is 0.324 e. The van der Waals surface area contributed by atoms with Crippen molar-refractivity contribution in [3.63, 3.8) is 0 Å². The Bertz CT molecular complexity index is 538. The van der Waals surface area contributed by atoms with E-state index in [2.05, 4.69) is 0 Å². The molecular weight excluding hydrogens is 276 g/mol. The number of sulfone groups is 1.